The average Bonchev–Trinajstić information content (AvgIpc) is 3.13. The average molecular weight is 480 g/mol. The van der Waals surface area contributed by atoms with Gasteiger partial charge in [-0.2, -0.15) is 0 Å². The van der Waals surface area contributed by atoms with E-state index in [0.29, 0.717) is 6.54 Å². The predicted octanol–water partition coefficient (Wildman–Crippen LogP) is 3.20. The number of nitrogens with one attached hydrogen (secondary N) is 1. The number of aliphatic imine (C=N–C) groups is 1. The minimum Gasteiger partial charge on any atom is -0.468 e. The van der Waals surface area contributed by atoms with Crippen molar-refractivity contribution in [2.75, 3.05) is 34.7 Å². The molecular weight excluding hydrogens is 453 g/mol. The van der Waals surface area contributed by atoms with Crippen LogP contribution in [0.2, 0.25) is 5.02 Å². The number of guanidine groups is 1. The van der Waals surface area contributed by atoms with Crippen LogP contribution in [-0.2, 0) is 13.6 Å². The van der Waals surface area contributed by atoms with Crippen LogP contribution in [0.1, 0.15) is 17.5 Å². The molecule has 1 unspecified atom stereocenters. The van der Waals surface area contributed by atoms with E-state index in [2.05, 4.69) is 20.1 Å². The van der Waals surface area contributed by atoms with Crippen molar-refractivity contribution >= 4 is 41.5 Å². The summed E-state index contributed by atoms with van der Waals surface area (Å²) in [5.41, 5.74) is 1.13. The molecule has 0 saturated carbocycles. The van der Waals surface area contributed by atoms with E-state index in [9.17, 15) is 0 Å². The van der Waals surface area contributed by atoms with Crippen molar-refractivity contribution < 1.29 is 4.42 Å². The van der Waals surface area contributed by atoms with Crippen molar-refractivity contribution in [1.29, 1.82) is 0 Å². The van der Waals surface area contributed by atoms with Crippen LogP contribution in [-0.4, -0.2) is 55.1 Å². The van der Waals surface area contributed by atoms with Crippen LogP contribution >= 0.6 is 35.6 Å². The van der Waals surface area contributed by atoms with E-state index in [4.69, 9.17) is 16.0 Å². The Morgan fingerprint density at radius 3 is 2.60 bits per heavy atom. The van der Waals surface area contributed by atoms with Gasteiger partial charge in [0.1, 0.15) is 5.76 Å². The molecule has 8 heteroatoms. The van der Waals surface area contributed by atoms with E-state index < -0.39 is 0 Å². The summed E-state index contributed by atoms with van der Waals surface area (Å²) in [6.45, 7) is 1.42. The Hall–Kier alpha value is -1.19. The minimum absolute atomic E-state index is 0. The van der Waals surface area contributed by atoms with Gasteiger partial charge in [-0.15, -0.1) is 24.0 Å². The summed E-state index contributed by atoms with van der Waals surface area (Å²) in [4.78, 5) is 8.56. The summed E-state index contributed by atoms with van der Waals surface area (Å²) in [6.07, 6.45) is 3.60. The highest BCUT2D eigenvalue weighted by molar-refractivity contribution is 14.0. The summed E-state index contributed by atoms with van der Waals surface area (Å²) in [7, 11) is 9.85. The minimum atomic E-state index is 0. The highest BCUT2D eigenvalue weighted by atomic mass is 127. The molecule has 6 nitrogen and oxygen atoms in total. The number of rotatable bonds is 6. The third kappa shape index (κ3) is 5.93. The summed E-state index contributed by atoms with van der Waals surface area (Å²) >= 11 is 6.06. The van der Waals surface area contributed by atoms with Gasteiger partial charge in [0.25, 0.3) is 0 Å². The summed E-state index contributed by atoms with van der Waals surface area (Å²) in [5, 5.41) is 4.16. The lowest BCUT2D eigenvalue weighted by Crippen LogP contribution is -2.42. The molecule has 2 aromatic rings. The third-order valence-corrected chi connectivity index (χ3v) is 4.20. The Morgan fingerprint density at radius 2 is 2.12 bits per heavy atom. The molecule has 140 valence electrons. The molecule has 25 heavy (non-hydrogen) atoms. The van der Waals surface area contributed by atoms with Gasteiger partial charge in [-0.05, 0) is 32.3 Å². The number of nitrogens with zero attached hydrogens (tertiary/aromatic N) is 4. The van der Waals surface area contributed by atoms with E-state index in [0.717, 1.165) is 29.0 Å². The molecule has 0 amide bonds. The molecule has 0 saturated heterocycles. The maximum atomic E-state index is 6.06. The van der Waals surface area contributed by atoms with E-state index in [1.54, 1.807) is 13.3 Å². The van der Waals surface area contributed by atoms with Gasteiger partial charge < -0.3 is 19.2 Å². The zero-order valence-electron chi connectivity index (χ0n) is 15.4. The first kappa shape index (κ1) is 21.9. The summed E-state index contributed by atoms with van der Waals surface area (Å²) < 4.78 is 7.57. The van der Waals surface area contributed by atoms with Gasteiger partial charge >= 0.3 is 0 Å². The third-order valence-electron chi connectivity index (χ3n) is 4.00. The van der Waals surface area contributed by atoms with Gasteiger partial charge in [0, 0.05) is 39.6 Å². The lowest BCUT2D eigenvalue weighted by atomic mass is 10.2. The van der Waals surface area contributed by atoms with Crippen molar-refractivity contribution in [1.82, 2.24) is 19.7 Å². The zero-order valence-corrected chi connectivity index (χ0v) is 18.4. The second-order valence-electron chi connectivity index (χ2n) is 6.04. The fraction of sp³-hybridized carbons (Fsp3) is 0.471. The molecular formula is C17H27ClIN5O. The van der Waals surface area contributed by atoms with E-state index >= 15 is 0 Å². The molecule has 1 N–H and O–H groups in total. The van der Waals surface area contributed by atoms with Crippen LogP contribution in [0.3, 0.4) is 0 Å². The van der Waals surface area contributed by atoms with Gasteiger partial charge in [-0.1, -0.05) is 11.6 Å². The Morgan fingerprint density at radius 1 is 1.40 bits per heavy atom. The summed E-state index contributed by atoms with van der Waals surface area (Å²) in [6, 6.07) is 6.00. The van der Waals surface area contributed by atoms with E-state index in [1.807, 2.05) is 57.2 Å². The van der Waals surface area contributed by atoms with Crippen molar-refractivity contribution in [3.63, 3.8) is 0 Å². The Balaban J connectivity index is 0.00000312. The van der Waals surface area contributed by atoms with E-state index in [-0.39, 0.29) is 30.0 Å². The fourth-order valence-corrected chi connectivity index (χ4v) is 2.90. The Kier molecular flexibility index (Phi) is 8.81. The SMILES string of the molecule is CN=C(NCC(c1ccco1)N(C)C)N(C)Cc1cc(Cl)cn1C.I. The normalized spacial score (nSPS) is 12.8. The molecule has 0 aliphatic heterocycles. The molecule has 0 aliphatic carbocycles. The van der Waals surface area contributed by atoms with Gasteiger partial charge in [0.2, 0.25) is 0 Å². The van der Waals surface area contributed by atoms with Crippen LogP contribution in [0.5, 0.6) is 0 Å². The first-order valence-corrected chi connectivity index (χ1v) is 8.22. The lowest BCUT2D eigenvalue weighted by molar-refractivity contribution is 0.256. The molecule has 0 bridgehead atoms. The first-order chi connectivity index (χ1) is 11.4. The molecule has 0 radical (unpaired) electrons. The highest BCUT2D eigenvalue weighted by Crippen LogP contribution is 2.18. The zero-order chi connectivity index (χ0) is 17.7. The maximum absolute atomic E-state index is 6.06. The van der Waals surface area contributed by atoms with Gasteiger partial charge in [-0.3, -0.25) is 9.89 Å². The van der Waals surface area contributed by atoms with Crippen molar-refractivity contribution in [3.8, 4) is 0 Å². The fourth-order valence-electron chi connectivity index (χ4n) is 2.63. The van der Waals surface area contributed by atoms with Crippen molar-refractivity contribution in [2.45, 2.75) is 12.6 Å². The number of halogens is 2. The van der Waals surface area contributed by atoms with E-state index in [1.165, 1.54) is 0 Å². The standard InChI is InChI=1S/C17H26ClN5O.HI/c1-19-17(23(5)12-14-9-13(18)11-22(14)4)20-10-15(21(2)3)16-7-6-8-24-16;/h6-9,11,15H,10,12H2,1-5H3,(H,19,20);1H. The molecule has 0 fully saturated rings. The van der Waals surface area contributed by atoms with Crippen molar-refractivity contribution in [3.05, 3.63) is 47.1 Å². The Bertz CT molecular complexity index is 669. The smallest absolute Gasteiger partial charge is 0.193 e. The van der Waals surface area contributed by atoms with Crippen molar-refractivity contribution in [2.24, 2.45) is 12.0 Å². The monoisotopic (exact) mass is 479 g/mol. The molecule has 0 spiro atoms. The topological polar surface area (TPSA) is 48.9 Å². The number of hydrogen-bond acceptors (Lipinski definition) is 3. The van der Waals surface area contributed by atoms with Gasteiger partial charge in [0.15, 0.2) is 5.96 Å². The number of furan rings is 1. The lowest BCUT2D eigenvalue weighted by Gasteiger charge is -2.27. The van der Waals surface area contributed by atoms with Gasteiger partial charge in [-0.25, -0.2) is 0 Å². The number of hydrogen-bond donors (Lipinski definition) is 1. The molecule has 2 heterocycles. The van der Waals surface area contributed by atoms with Crippen LogP contribution in [0.4, 0.5) is 0 Å². The van der Waals surface area contributed by atoms with Crippen LogP contribution in [0.25, 0.3) is 0 Å². The number of aryl methyl sites for hydroxylation is 1. The number of likely N-dealkylation sites (N-methyl/N-ethyl adjacent to an activating group) is 1. The highest BCUT2D eigenvalue weighted by Gasteiger charge is 2.18. The second kappa shape index (κ2) is 10.1. The largest absolute Gasteiger partial charge is 0.468 e. The maximum Gasteiger partial charge on any atom is 0.193 e. The molecule has 0 aromatic carbocycles. The second-order valence-corrected chi connectivity index (χ2v) is 6.48. The Labute approximate surface area is 171 Å². The van der Waals surface area contributed by atoms with Gasteiger partial charge in [0.05, 0.1) is 23.9 Å². The molecule has 0 aliphatic rings. The number of aromatic nitrogens is 1. The summed E-state index contributed by atoms with van der Waals surface area (Å²) in [5.74, 6) is 1.76. The van der Waals surface area contributed by atoms with Crippen LogP contribution in [0.15, 0.2) is 40.1 Å². The van der Waals surface area contributed by atoms with Crippen LogP contribution < -0.4 is 5.32 Å². The first-order valence-electron chi connectivity index (χ1n) is 7.84. The molecule has 2 aromatic heterocycles. The molecule has 1 atom stereocenters. The van der Waals surface area contributed by atoms with Crippen LogP contribution in [0, 0.1) is 0 Å². The molecule has 2 rings (SSSR count). The predicted molar refractivity (Wildman–Crippen MR) is 114 cm³/mol. The quantitative estimate of drug-likeness (QED) is 0.393.